The van der Waals surface area contributed by atoms with E-state index in [9.17, 15) is 14.4 Å². The fraction of sp³-hybridized carbons (Fsp3) is 0.538. The Hall–Kier alpha value is -2.74. The fourth-order valence-electron chi connectivity index (χ4n) is 4.39. The van der Waals surface area contributed by atoms with Crippen LogP contribution in [0.25, 0.3) is 10.4 Å². The molecule has 0 bridgehead atoms. The summed E-state index contributed by atoms with van der Waals surface area (Å²) in [7, 11) is 0. The molecule has 2 atom stereocenters. The third-order valence-corrected chi connectivity index (χ3v) is 8.01. The van der Waals surface area contributed by atoms with Crippen molar-refractivity contribution in [3.05, 3.63) is 41.0 Å². The van der Waals surface area contributed by atoms with Gasteiger partial charge in [0.15, 0.2) is 0 Å². The highest BCUT2D eigenvalue weighted by molar-refractivity contribution is 7.13. The lowest BCUT2D eigenvalue weighted by molar-refractivity contribution is -0.143. The first-order valence-corrected chi connectivity index (χ1v) is 13.0. The maximum Gasteiger partial charge on any atom is 0.246 e. The van der Waals surface area contributed by atoms with Gasteiger partial charge in [-0.1, -0.05) is 45.0 Å². The molecule has 3 amide bonds. The lowest BCUT2D eigenvalue weighted by Gasteiger charge is -2.31. The molecule has 1 aromatic heterocycles. The van der Waals surface area contributed by atoms with Gasteiger partial charge in [-0.05, 0) is 49.7 Å². The second-order valence-electron chi connectivity index (χ2n) is 10.1. The Morgan fingerprint density at radius 1 is 1.21 bits per heavy atom. The monoisotopic (exact) mass is 482 g/mol. The van der Waals surface area contributed by atoms with Gasteiger partial charge in [-0.2, -0.15) is 0 Å². The first-order chi connectivity index (χ1) is 16.2. The van der Waals surface area contributed by atoms with Crippen LogP contribution in [-0.4, -0.2) is 46.2 Å². The first-order valence-electron chi connectivity index (χ1n) is 12.1. The van der Waals surface area contributed by atoms with E-state index < -0.39 is 12.1 Å². The quantitative estimate of drug-likeness (QED) is 0.601. The van der Waals surface area contributed by atoms with Gasteiger partial charge in [0.05, 0.1) is 16.1 Å². The Labute approximate surface area is 205 Å². The van der Waals surface area contributed by atoms with E-state index >= 15 is 0 Å². The Bertz CT molecular complexity index is 1060. The minimum Gasteiger partial charge on any atom is -0.350 e. The number of benzene rings is 1. The van der Waals surface area contributed by atoms with Crippen LogP contribution in [0.15, 0.2) is 29.8 Å². The zero-order chi connectivity index (χ0) is 24.5. The number of likely N-dealkylation sites (tertiary alicyclic amines) is 1. The number of nitrogens with zero attached hydrogens (tertiary/aromatic N) is 2. The van der Waals surface area contributed by atoms with E-state index in [4.69, 9.17) is 0 Å². The summed E-state index contributed by atoms with van der Waals surface area (Å²) in [5.41, 5.74) is 4.63. The maximum absolute atomic E-state index is 13.4. The molecule has 2 unspecified atom stereocenters. The molecule has 2 heterocycles. The average molecular weight is 483 g/mol. The van der Waals surface area contributed by atoms with Crippen LogP contribution < -0.4 is 10.6 Å². The Morgan fingerprint density at radius 2 is 1.91 bits per heavy atom. The molecular weight excluding hydrogens is 448 g/mol. The van der Waals surface area contributed by atoms with E-state index in [0.29, 0.717) is 19.5 Å². The standard InChI is InChI=1S/C26H34N4O3S/c1-16(2)21(29-25(33)26(4)11-12-26)24(32)30-13-5-6-20(30)23(31)27-14-18-7-9-19(10-8-18)22-17(3)28-15-34-22/h7-10,15-16,20-21H,5-6,11-14H2,1-4H3,(H,27,31)(H,29,33). The average Bonchev–Trinajstić information content (AvgIpc) is 3.21. The first kappa shape index (κ1) is 24.4. The molecule has 1 aliphatic carbocycles. The lowest BCUT2D eigenvalue weighted by Crippen LogP contribution is -2.56. The number of amides is 3. The third-order valence-electron chi connectivity index (χ3n) is 7.03. The number of hydrogen-bond acceptors (Lipinski definition) is 5. The van der Waals surface area contributed by atoms with E-state index in [1.54, 1.807) is 16.2 Å². The Kier molecular flexibility index (Phi) is 7.07. The van der Waals surface area contributed by atoms with Crippen molar-refractivity contribution in [1.82, 2.24) is 20.5 Å². The van der Waals surface area contributed by atoms with Crippen LogP contribution in [0.1, 0.15) is 57.7 Å². The van der Waals surface area contributed by atoms with Crippen LogP contribution in [-0.2, 0) is 20.9 Å². The van der Waals surface area contributed by atoms with Gasteiger partial charge in [0.2, 0.25) is 17.7 Å². The number of aromatic nitrogens is 1. The van der Waals surface area contributed by atoms with Crippen molar-refractivity contribution in [1.29, 1.82) is 0 Å². The Morgan fingerprint density at radius 3 is 2.50 bits per heavy atom. The summed E-state index contributed by atoms with van der Waals surface area (Å²) in [6.45, 7) is 8.73. The summed E-state index contributed by atoms with van der Waals surface area (Å²) in [5, 5.41) is 5.97. The van der Waals surface area contributed by atoms with E-state index in [1.807, 2.05) is 57.5 Å². The molecule has 7 nitrogen and oxygen atoms in total. The molecule has 4 rings (SSSR count). The van der Waals surface area contributed by atoms with Crippen LogP contribution in [0.5, 0.6) is 0 Å². The van der Waals surface area contributed by atoms with Crippen molar-refractivity contribution < 1.29 is 14.4 Å². The predicted molar refractivity (Wildman–Crippen MR) is 133 cm³/mol. The smallest absolute Gasteiger partial charge is 0.246 e. The topological polar surface area (TPSA) is 91.4 Å². The second-order valence-corrected chi connectivity index (χ2v) is 11.0. The van der Waals surface area contributed by atoms with Gasteiger partial charge in [-0.15, -0.1) is 11.3 Å². The predicted octanol–water partition coefficient (Wildman–Crippen LogP) is 3.67. The zero-order valence-corrected chi connectivity index (χ0v) is 21.2. The molecular formula is C26H34N4O3S. The minimum atomic E-state index is -0.610. The summed E-state index contributed by atoms with van der Waals surface area (Å²) in [5.74, 6) is -0.411. The summed E-state index contributed by atoms with van der Waals surface area (Å²) >= 11 is 1.61. The molecule has 182 valence electrons. The van der Waals surface area contributed by atoms with Crippen molar-refractivity contribution in [2.45, 2.75) is 72.0 Å². The highest BCUT2D eigenvalue weighted by atomic mass is 32.1. The molecule has 8 heteroatoms. The van der Waals surface area contributed by atoms with E-state index in [0.717, 1.165) is 41.0 Å². The van der Waals surface area contributed by atoms with Crippen LogP contribution in [0.3, 0.4) is 0 Å². The van der Waals surface area contributed by atoms with Crippen molar-refractivity contribution in [2.75, 3.05) is 6.54 Å². The van der Waals surface area contributed by atoms with Gasteiger partial charge in [0, 0.05) is 18.5 Å². The number of hydrogen-bond donors (Lipinski definition) is 2. The molecule has 2 fully saturated rings. The molecule has 0 spiro atoms. The van der Waals surface area contributed by atoms with Crippen LogP contribution in [0.2, 0.25) is 0 Å². The van der Waals surface area contributed by atoms with Gasteiger partial charge >= 0.3 is 0 Å². The number of rotatable bonds is 8. The highest BCUT2D eigenvalue weighted by Crippen LogP contribution is 2.45. The number of nitrogens with one attached hydrogen (secondary N) is 2. The zero-order valence-electron chi connectivity index (χ0n) is 20.4. The number of aryl methyl sites for hydroxylation is 1. The fourth-order valence-corrected chi connectivity index (χ4v) is 5.20. The summed E-state index contributed by atoms with van der Waals surface area (Å²) in [4.78, 5) is 46.1. The normalized spacial score (nSPS) is 19.7. The molecule has 1 aromatic carbocycles. The van der Waals surface area contributed by atoms with Gasteiger partial charge in [0.1, 0.15) is 12.1 Å². The van der Waals surface area contributed by atoms with Gasteiger partial charge in [0.25, 0.3) is 0 Å². The number of carbonyl (C=O) groups excluding carboxylic acids is 3. The highest BCUT2D eigenvalue weighted by Gasteiger charge is 2.47. The maximum atomic E-state index is 13.4. The molecule has 2 aromatic rings. The van der Waals surface area contributed by atoms with Crippen LogP contribution >= 0.6 is 11.3 Å². The van der Waals surface area contributed by atoms with Crippen LogP contribution in [0.4, 0.5) is 0 Å². The molecule has 1 saturated heterocycles. The van der Waals surface area contributed by atoms with Crippen molar-refractivity contribution in [3.8, 4) is 10.4 Å². The Balaban J connectivity index is 1.36. The van der Waals surface area contributed by atoms with Crippen molar-refractivity contribution in [3.63, 3.8) is 0 Å². The summed E-state index contributed by atoms with van der Waals surface area (Å²) in [6, 6.07) is 7.00. The molecule has 0 radical (unpaired) electrons. The van der Waals surface area contributed by atoms with E-state index in [1.165, 1.54) is 0 Å². The lowest BCUT2D eigenvalue weighted by atomic mass is 10.00. The third kappa shape index (κ3) is 5.17. The van der Waals surface area contributed by atoms with E-state index in [2.05, 4.69) is 15.6 Å². The number of thiazole rings is 1. The molecule has 1 saturated carbocycles. The van der Waals surface area contributed by atoms with Crippen molar-refractivity contribution in [2.24, 2.45) is 11.3 Å². The largest absolute Gasteiger partial charge is 0.350 e. The molecule has 2 N–H and O–H groups in total. The summed E-state index contributed by atoms with van der Waals surface area (Å²) in [6.07, 6.45) is 3.13. The molecule has 2 aliphatic rings. The number of carbonyl (C=O) groups is 3. The van der Waals surface area contributed by atoms with Gasteiger partial charge in [-0.25, -0.2) is 4.98 Å². The van der Waals surface area contributed by atoms with Crippen LogP contribution in [0, 0.1) is 18.3 Å². The minimum absolute atomic E-state index is 0.0520. The van der Waals surface area contributed by atoms with Gasteiger partial charge in [-0.3, -0.25) is 14.4 Å². The molecule has 34 heavy (non-hydrogen) atoms. The van der Waals surface area contributed by atoms with Gasteiger partial charge < -0.3 is 15.5 Å². The molecule has 1 aliphatic heterocycles. The van der Waals surface area contributed by atoms with E-state index in [-0.39, 0.29) is 29.1 Å². The second kappa shape index (κ2) is 9.86. The summed E-state index contributed by atoms with van der Waals surface area (Å²) < 4.78 is 0. The van der Waals surface area contributed by atoms with Crippen molar-refractivity contribution >= 4 is 29.1 Å². The SMILES string of the molecule is Cc1ncsc1-c1ccc(CNC(=O)C2CCCN2C(=O)C(NC(=O)C2(C)CC2)C(C)C)cc1.